The number of urea groups is 1. The minimum atomic E-state index is -0.151. The Morgan fingerprint density at radius 2 is 2.35 bits per heavy atom. The monoisotopic (exact) mass is 229 g/mol. The highest BCUT2D eigenvalue weighted by Gasteiger charge is 2.21. The Morgan fingerprint density at radius 3 is 3.00 bits per heavy atom. The van der Waals surface area contributed by atoms with Gasteiger partial charge in [-0.25, -0.2) is 4.79 Å². The van der Waals surface area contributed by atoms with Gasteiger partial charge in [0, 0.05) is 18.8 Å². The molecule has 0 saturated heterocycles. The second kappa shape index (κ2) is 4.46. The van der Waals surface area contributed by atoms with E-state index < -0.39 is 0 Å². The van der Waals surface area contributed by atoms with Gasteiger partial charge in [-0.3, -0.25) is 0 Å². The molecule has 1 heterocycles. The highest BCUT2D eigenvalue weighted by molar-refractivity contribution is 5.92. The lowest BCUT2D eigenvalue weighted by molar-refractivity contribution is 0.210. The lowest BCUT2D eigenvalue weighted by Gasteiger charge is -2.28. The van der Waals surface area contributed by atoms with Crippen molar-refractivity contribution < 1.29 is 4.79 Å². The number of amides is 2. The van der Waals surface area contributed by atoms with Crippen molar-refractivity contribution in [3.8, 4) is 6.07 Å². The predicted molar refractivity (Wildman–Crippen MR) is 65.6 cm³/mol. The molecule has 4 nitrogen and oxygen atoms in total. The number of carbonyl (C=O) groups excluding carboxylic acids is 1. The van der Waals surface area contributed by atoms with Gasteiger partial charge in [-0.05, 0) is 31.0 Å². The van der Waals surface area contributed by atoms with Crippen molar-refractivity contribution in [3.63, 3.8) is 0 Å². The fourth-order valence-electron chi connectivity index (χ4n) is 1.92. The maximum atomic E-state index is 11.7. The summed E-state index contributed by atoms with van der Waals surface area (Å²) < 4.78 is 0. The molecule has 0 aromatic heterocycles. The second-order valence-electron chi connectivity index (χ2n) is 4.21. The minimum Gasteiger partial charge on any atom is -0.320 e. The molecule has 17 heavy (non-hydrogen) atoms. The van der Waals surface area contributed by atoms with E-state index in [1.807, 2.05) is 32.0 Å². The average molecular weight is 229 g/mol. The summed E-state index contributed by atoms with van der Waals surface area (Å²) in [5.74, 6) is -0.151. The van der Waals surface area contributed by atoms with Gasteiger partial charge in [0.1, 0.15) is 0 Å². The molecule has 0 spiro atoms. The maximum absolute atomic E-state index is 11.7. The third-order valence-corrected chi connectivity index (χ3v) is 3.10. The van der Waals surface area contributed by atoms with Crippen molar-refractivity contribution in [3.05, 3.63) is 29.3 Å². The zero-order chi connectivity index (χ0) is 12.4. The smallest absolute Gasteiger partial charge is 0.320 e. The minimum absolute atomic E-state index is 0.0678. The standard InChI is InChI=1S/C13H15N3O/c1-3-16-8-11-5-4-10(9(2)7-14)6-12(11)15-13(16)17/h4-6,9H,3,8H2,1-2H3,(H,15,17). The third-order valence-electron chi connectivity index (χ3n) is 3.10. The Labute approximate surface area is 101 Å². The molecule has 2 rings (SSSR count). The first-order valence-corrected chi connectivity index (χ1v) is 5.74. The van der Waals surface area contributed by atoms with Crippen LogP contribution >= 0.6 is 0 Å². The van der Waals surface area contributed by atoms with Gasteiger partial charge >= 0.3 is 6.03 Å². The van der Waals surface area contributed by atoms with Crippen molar-refractivity contribution >= 4 is 11.7 Å². The molecule has 1 unspecified atom stereocenters. The van der Waals surface area contributed by atoms with Crippen LogP contribution in [0, 0.1) is 11.3 Å². The van der Waals surface area contributed by atoms with E-state index in [0.29, 0.717) is 13.1 Å². The molecule has 0 radical (unpaired) electrons. The summed E-state index contributed by atoms with van der Waals surface area (Å²) in [6.45, 7) is 5.14. The number of hydrogen-bond donors (Lipinski definition) is 1. The molecular weight excluding hydrogens is 214 g/mol. The van der Waals surface area contributed by atoms with Gasteiger partial charge in [-0.15, -0.1) is 0 Å². The first-order chi connectivity index (χ1) is 8.15. The largest absolute Gasteiger partial charge is 0.322 e. The molecule has 0 fully saturated rings. The number of nitrogens with one attached hydrogen (secondary N) is 1. The first-order valence-electron chi connectivity index (χ1n) is 5.74. The van der Waals surface area contributed by atoms with Gasteiger partial charge in [0.05, 0.1) is 12.0 Å². The summed E-state index contributed by atoms with van der Waals surface area (Å²) >= 11 is 0. The van der Waals surface area contributed by atoms with E-state index in [-0.39, 0.29) is 11.9 Å². The summed E-state index contributed by atoms with van der Waals surface area (Å²) in [6, 6.07) is 7.97. The fourth-order valence-corrected chi connectivity index (χ4v) is 1.92. The Bertz CT molecular complexity index is 490. The number of nitrogens with zero attached hydrogens (tertiary/aromatic N) is 2. The van der Waals surface area contributed by atoms with Crippen LogP contribution in [0.3, 0.4) is 0 Å². The lowest BCUT2D eigenvalue weighted by Crippen LogP contribution is -2.38. The van der Waals surface area contributed by atoms with Crippen molar-refractivity contribution in [2.75, 3.05) is 11.9 Å². The molecule has 1 atom stereocenters. The average Bonchev–Trinajstić information content (AvgIpc) is 2.36. The Morgan fingerprint density at radius 1 is 1.59 bits per heavy atom. The molecule has 88 valence electrons. The molecule has 1 aliphatic heterocycles. The third kappa shape index (κ3) is 2.09. The molecule has 4 heteroatoms. The number of benzene rings is 1. The molecular formula is C13H15N3O. The van der Waals surface area contributed by atoms with E-state index in [1.54, 1.807) is 4.90 Å². The molecule has 1 aromatic rings. The Kier molecular flexibility index (Phi) is 3.01. The molecule has 0 saturated carbocycles. The van der Waals surface area contributed by atoms with Gasteiger partial charge in [0.2, 0.25) is 0 Å². The van der Waals surface area contributed by atoms with E-state index in [1.165, 1.54) is 0 Å². The first kappa shape index (κ1) is 11.5. The van der Waals surface area contributed by atoms with Gasteiger partial charge in [-0.2, -0.15) is 5.26 Å². The van der Waals surface area contributed by atoms with Gasteiger partial charge < -0.3 is 10.2 Å². The molecule has 1 N–H and O–H groups in total. The van der Waals surface area contributed by atoms with Crippen molar-refractivity contribution in [2.45, 2.75) is 26.3 Å². The van der Waals surface area contributed by atoms with Gasteiger partial charge in [0.25, 0.3) is 0 Å². The van der Waals surface area contributed by atoms with Crippen molar-refractivity contribution in [1.29, 1.82) is 5.26 Å². The predicted octanol–water partition coefficient (Wildman–Crippen LogP) is 2.68. The zero-order valence-electron chi connectivity index (χ0n) is 10.0. The molecule has 1 aromatic carbocycles. The number of nitriles is 1. The van der Waals surface area contributed by atoms with E-state index in [2.05, 4.69) is 11.4 Å². The van der Waals surface area contributed by atoms with Crippen LogP contribution < -0.4 is 5.32 Å². The van der Waals surface area contributed by atoms with Crippen molar-refractivity contribution in [2.24, 2.45) is 0 Å². The van der Waals surface area contributed by atoms with Crippen LogP contribution in [0.4, 0.5) is 10.5 Å². The van der Waals surface area contributed by atoms with Crippen LogP contribution in [-0.2, 0) is 6.54 Å². The van der Waals surface area contributed by atoms with Crippen LogP contribution in [0.25, 0.3) is 0 Å². The van der Waals surface area contributed by atoms with E-state index in [4.69, 9.17) is 5.26 Å². The lowest BCUT2D eigenvalue weighted by atomic mass is 9.99. The van der Waals surface area contributed by atoms with Crippen LogP contribution in [0.5, 0.6) is 0 Å². The van der Waals surface area contributed by atoms with Crippen molar-refractivity contribution in [1.82, 2.24) is 4.90 Å². The molecule has 2 amide bonds. The quantitative estimate of drug-likeness (QED) is 0.847. The molecule has 1 aliphatic rings. The number of fused-ring (bicyclic) bond motifs is 1. The number of carbonyl (C=O) groups is 1. The summed E-state index contributed by atoms with van der Waals surface area (Å²) in [5, 5.41) is 11.7. The Balaban J connectivity index is 2.33. The second-order valence-corrected chi connectivity index (χ2v) is 4.21. The highest BCUT2D eigenvalue weighted by atomic mass is 16.2. The van der Waals surface area contributed by atoms with E-state index in [0.717, 1.165) is 16.8 Å². The van der Waals surface area contributed by atoms with Gasteiger partial charge in [0.15, 0.2) is 0 Å². The summed E-state index contributed by atoms with van der Waals surface area (Å²) in [6.07, 6.45) is 0. The van der Waals surface area contributed by atoms with Crippen LogP contribution in [0.15, 0.2) is 18.2 Å². The SMILES string of the molecule is CCN1Cc2ccc(C(C)C#N)cc2NC1=O. The van der Waals surface area contributed by atoms with Crippen LogP contribution in [-0.4, -0.2) is 17.5 Å². The van der Waals surface area contributed by atoms with Gasteiger partial charge in [-0.1, -0.05) is 12.1 Å². The summed E-state index contributed by atoms with van der Waals surface area (Å²) in [7, 11) is 0. The number of rotatable bonds is 2. The van der Waals surface area contributed by atoms with Crippen LogP contribution in [0.2, 0.25) is 0 Å². The van der Waals surface area contributed by atoms with E-state index >= 15 is 0 Å². The van der Waals surface area contributed by atoms with Crippen LogP contribution in [0.1, 0.15) is 30.9 Å². The summed E-state index contributed by atoms with van der Waals surface area (Å²) in [5.41, 5.74) is 2.87. The number of hydrogen-bond acceptors (Lipinski definition) is 2. The maximum Gasteiger partial charge on any atom is 0.322 e. The molecule has 0 bridgehead atoms. The highest BCUT2D eigenvalue weighted by Crippen LogP contribution is 2.27. The Hall–Kier alpha value is -2.02. The fraction of sp³-hybridized carbons (Fsp3) is 0.385. The number of anilines is 1. The topological polar surface area (TPSA) is 56.1 Å². The normalized spacial score (nSPS) is 15.8. The molecule has 0 aliphatic carbocycles. The zero-order valence-corrected chi connectivity index (χ0v) is 10.0. The van der Waals surface area contributed by atoms with E-state index in [9.17, 15) is 4.79 Å². The summed E-state index contributed by atoms with van der Waals surface area (Å²) in [4.78, 5) is 13.4.